The first-order valence-electron chi connectivity index (χ1n) is 8.15. The summed E-state index contributed by atoms with van der Waals surface area (Å²) in [6.45, 7) is 4.47. The predicted molar refractivity (Wildman–Crippen MR) is 112 cm³/mol. The van der Waals surface area contributed by atoms with Gasteiger partial charge in [-0.1, -0.05) is 58.7 Å². The molecule has 0 atom stereocenters. The number of allylic oxidation sites excluding steroid dienone is 1. The van der Waals surface area contributed by atoms with Crippen molar-refractivity contribution in [1.82, 2.24) is 14.8 Å². The lowest BCUT2D eigenvalue weighted by Gasteiger charge is -2.10. The minimum Gasteiger partial charge on any atom is -0.484 e. The highest BCUT2D eigenvalue weighted by Gasteiger charge is 2.14. The zero-order chi connectivity index (χ0) is 20.1. The quantitative estimate of drug-likeness (QED) is 0.288. The first kappa shape index (κ1) is 21.0. The van der Waals surface area contributed by atoms with Crippen LogP contribution in [0.5, 0.6) is 5.75 Å². The molecule has 4 nitrogen and oxygen atoms in total. The molecule has 146 valence electrons. The van der Waals surface area contributed by atoms with E-state index in [-0.39, 0.29) is 12.4 Å². The van der Waals surface area contributed by atoms with Gasteiger partial charge in [0.25, 0.3) is 0 Å². The number of benzene rings is 2. The van der Waals surface area contributed by atoms with Gasteiger partial charge in [0.15, 0.2) is 11.0 Å². The average molecular weight is 459 g/mol. The van der Waals surface area contributed by atoms with Gasteiger partial charge in [0.05, 0.1) is 5.02 Å². The first-order chi connectivity index (χ1) is 13.5. The van der Waals surface area contributed by atoms with Crippen LogP contribution in [0.1, 0.15) is 11.4 Å². The van der Waals surface area contributed by atoms with E-state index in [1.165, 1.54) is 23.9 Å². The van der Waals surface area contributed by atoms with Crippen LogP contribution in [0.4, 0.5) is 4.39 Å². The highest BCUT2D eigenvalue weighted by Crippen LogP contribution is 2.29. The van der Waals surface area contributed by atoms with Crippen molar-refractivity contribution in [2.45, 2.75) is 24.1 Å². The molecule has 0 unspecified atom stereocenters. The lowest BCUT2D eigenvalue weighted by molar-refractivity contribution is 0.289. The smallest absolute Gasteiger partial charge is 0.191 e. The Morgan fingerprint density at radius 3 is 2.64 bits per heavy atom. The van der Waals surface area contributed by atoms with Gasteiger partial charge in [0.1, 0.15) is 18.2 Å². The Bertz CT molecular complexity index is 924. The van der Waals surface area contributed by atoms with Gasteiger partial charge in [0, 0.05) is 22.3 Å². The Labute approximate surface area is 181 Å². The van der Waals surface area contributed by atoms with E-state index < -0.39 is 0 Å². The van der Waals surface area contributed by atoms with Gasteiger partial charge in [-0.3, -0.25) is 4.57 Å². The monoisotopic (exact) mass is 457 g/mol. The van der Waals surface area contributed by atoms with E-state index in [2.05, 4.69) is 16.8 Å². The molecule has 0 aliphatic rings. The number of ether oxygens (including phenoxy) is 1. The van der Waals surface area contributed by atoms with Crippen molar-refractivity contribution in [3.8, 4) is 5.75 Å². The number of rotatable bonds is 8. The van der Waals surface area contributed by atoms with Crippen molar-refractivity contribution >= 4 is 46.6 Å². The molecule has 0 aliphatic carbocycles. The molecule has 0 spiro atoms. The molecule has 0 N–H and O–H groups in total. The summed E-state index contributed by atoms with van der Waals surface area (Å²) >= 11 is 19.6. The molecule has 0 saturated heterocycles. The number of thioether (sulfide) groups is 1. The second kappa shape index (κ2) is 9.65. The van der Waals surface area contributed by atoms with Crippen molar-refractivity contribution in [3.05, 3.63) is 81.3 Å². The molecule has 0 fully saturated rings. The Morgan fingerprint density at radius 1 is 1.11 bits per heavy atom. The zero-order valence-corrected chi connectivity index (χ0v) is 17.6. The third-order valence-electron chi connectivity index (χ3n) is 3.73. The summed E-state index contributed by atoms with van der Waals surface area (Å²) in [6, 6.07) is 9.34. The van der Waals surface area contributed by atoms with Crippen LogP contribution in [-0.4, -0.2) is 14.8 Å². The fourth-order valence-electron chi connectivity index (χ4n) is 2.36. The van der Waals surface area contributed by atoms with Gasteiger partial charge >= 0.3 is 0 Å². The highest BCUT2D eigenvalue weighted by molar-refractivity contribution is 7.98. The molecule has 1 heterocycles. The molecule has 28 heavy (non-hydrogen) atoms. The van der Waals surface area contributed by atoms with Crippen LogP contribution in [0.3, 0.4) is 0 Å². The molecule has 0 saturated carbocycles. The maximum Gasteiger partial charge on any atom is 0.191 e. The van der Waals surface area contributed by atoms with Crippen molar-refractivity contribution < 1.29 is 9.13 Å². The van der Waals surface area contributed by atoms with Crippen molar-refractivity contribution in [3.63, 3.8) is 0 Å². The van der Waals surface area contributed by atoms with E-state index in [1.807, 2.05) is 4.57 Å². The molecule has 3 aromatic rings. The average Bonchev–Trinajstić information content (AvgIpc) is 3.02. The molecular formula is C19H15Cl3FN3OS. The molecule has 0 amide bonds. The van der Waals surface area contributed by atoms with Crippen LogP contribution >= 0.6 is 46.6 Å². The van der Waals surface area contributed by atoms with Crippen LogP contribution in [0, 0.1) is 5.82 Å². The summed E-state index contributed by atoms with van der Waals surface area (Å²) in [5.41, 5.74) is 0.812. The highest BCUT2D eigenvalue weighted by atomic mass is 35.5. The maximum absolute atomic E-state index is 13.2. The number of nitrogens with zero attached hydrogens (tertiary/aromatic N) is 3. The number of aromatic nitrogens is 3. The van der Waals surface area contributed by atoms with Crippen LogP contribution in [0.25, 0.3) is 0 Å². The number of hydrogen-bond donors (Lipinski definition) is 0. The fraction of sp³-hybridized carbons (Fsp3) is 0.158. The van der Waals surface area contributed by atoms with Gasteiger partial charge in [-0.05, 0) is 35.9 Å². The minimum atomic E-state index is -0.367. The largest absolute Gasteiger partial charge is 0.484 e. The zero-order valence-electron chi connectivity index (χ0n) is 14.5. The molecule has 3 rings (SSSR count). The van der Waals surface area contributed by atoms with Crippen LogP contribution < -0.4 is 4.74 Å². The summed E-state index contributed by atoms with van der Waals surface area (Å²) in [4.78, 5) is 0. The van der Waals surface area contributed by atoms with Crippen LogP contribution in [-0.2, 0) is 18.9 Å². The van der Waals surface area contributed by atoms with Gasteiger partial charge in [-0.15, -0.1) is 16.8 Å². The van der Waals surface area contributed by atoms with Crippen molar-refractivity contribution in [2.24, 2.45) is 0 Å². The van der Waals surface area contributed by atoms with Gasteiger partial charge in [0.2, 0.25) is 0 Å². The Morgan fingerprint density at radius 2 is 1.93 bits per heavy atom. The Kier molecular flexibility index (Phi) is 7.24. The van der Waals surface area contributed by atoms with E-state index in [0.717, 1.165) is 5.56 Å². The van der Waals surface area contributed by atoms with E-state index in [0.29, 0.717) is 44.1 Å². The minimum absolute atomic E-state index is 0.181. The summed E-state index contributed by atoms with van der Waals surface area (Å²) in [6.07, 6.45) is 1.75. The van der Waals surface area contributed by atoms with Crippen LogP contribution in [0.15, 0.2) is 54.2 Å². The summed E-state index contributed by atoms with van der Waals surface area (Å²) in [5.74, 6) is 1.29. The lowest BCUT2D eigenvalue weighted by Crippen LogP contribution is -2.07. The predicted octanol–water partition coefficient (Wildman–Crippen LogP) is 6.43. The van der Waals surface area contributed by atoms with Gasteiger partial charge < -0.3 is 4.74 Å². The topological polar surface area (TPSA) is 39.9 Å². The SMILES string of the molecule is C=CCn1c(COc2ccc(Cl)cc2Cl)nnc1SCc1ccc(F)cc1Cl. The normalized spacial score (nSPS) is 10.9. The molecule has 9 heteroatoms. The molecule has 0 radical (unpaired) electrons. The third-order valence-corrected chi connectivity index (χ3v) is 5.63. The van der Waals surface area contributed by atoms with E-state index >= 15 is 0 Å². The molecule has 1 aromatic heterocycles. The standard InChI is InChI=1S/C19H15Cl3FN3OS/c1-2-7-26-18(10-27-17-6-4-13(20)8-16(17)22)24-25-19(26)28-11-12-3-5-14(23)9-15(12)21/h2-6,8-9H,1,7,10-11H2. The second-order valence-electron chi connectivity index (χ2n) is 5.69. The molecule has 2 aromatic carbocycles. The summed E-state index contributed by atoms with van der Waals surface area (Å²) in [5, 5.41) is 10.4. The molecule has 0 bridgehead atoms. The first-order valence-corrected chi connectivity index (χ1v) is 10.3. The third kappa shape index (κ3) is 5.20. The Hall–Kier alpha value is -1.73. The van der Waals surface area contributed by atoms with E-state index in [1.54, 1.807) is 30.3 Å². The molecular weight excluding hydrogens is 444 g/mol. The number of hydrogen-bond acceptors (Lipinski definition) is 4. The summed E-state index contributed by atoms with van der Waals surface area (Å²) in [7, 11) is 0. The second-order valence-corrected chi connectivity index (χ2v) is 7.88. The lowest BCUT2D eigenvalue weighted by atomic mass is 10.2. The maximum atomic E-state index is 13.2. The van der Waals surface area contributed by atoms with Gasteiger partial charge in [-0.2, -0.15) is 0 Å². The van der Waals surface area contributed by atoms with Crippen molar-refractivity contribution in [1.29, 1.82) is 0 Å². The van der Waals surface area contributed by atoms with Crippen LogP contribution in [0.2, 0.25) is 15.1 Å². The Balaban J connectivity index is 1.72. The van der Waals surface area contributed by atoms with Gasteiger partial charge in [-0.25, -0.2) is 4.39 Å². The van der Waals surface area contributed by atoms with E-state index in [4.69, 9.17) is 39.5 Å². The van der Waals surface area contributed by atoms with Crippen molar-refractivity contribution in [2.75, 3.05) is 0 Å². The van der Waals surface area contributed by atoms with E-state index in [9.17, 15) is 4.39 Å². The summed E-state index contributed by atoms with van der Waals surface area (Å²) < 4.78 is 20.8. The number of halogens is 4. The fourth-order valence-corrected chi connectivity index (χ4v) is 4.11. The molecule has 0 aliphatic heterocycles.